The van der Waals surface area contributed by atoms with Crippen LogP contribution in [0.5, 0.6) is 0 Å². The molecule has 5 heteroatoms. The number of aliphatic carboxylic acids is 1. The van der Waals surface area contributed by atoms with Crippen LogP contribution in [0, 0.1) is 9.39 Å². The molecule has 0 saturated heterocycles. The topological polar surface area (TPSA) is 37.3 Å². The molecule has 0 saturated carbocycles. The molecule has 2 nitrogen and oxygen atoms in total. The fraction of sp³-hybridized carbons (Fsp3) is 0. The lowest BCUT2D eigenvalue weighted by molar-refractivity contribution is -0.131. The van der Waals surface area contributed by atoms with Crippen molar-refractivity contribution in [3.05, 3.63) is 37.6 Å². The Bertz CT molecular complexity index is 404. The van der Waals surface area contributed by atoms with E-state index in [1.54, 1.807) is 12.1 Å². The second-order valence-corrected chi connectivity index (χ2v) is 4.37. The van der Waals surface area contributed by atoms with E-state index < -0.39 is 5.97 Å². The second kappa shape index (κ2) is 4.88. The van der Waals surface area contributed by atoms with Gasteiger partial charge in [0.1, 0.15) is 0 Å². The Morgan fingerprint density at radius 3 is 2.79 bits per heavy atom. The van der Waals surface area contributed by atoms with Gasteiger partial charge in [-0.2, -0.15) is 0 Å². The third-order valence-corrected chi connectivity index (χ3v) is 3.18. The average Bonchev–Trinajstić information content (AvgIpc) is 2.13. The molecule has 0 unspecified atom stereocenters. The summed E-state index contributed by atoms with van der Waals surface area (Å²) in [5.41, 5.74) is 0.550. The number of carboxylic acid groups (broad SMARTS) is 1. The average molecular weight is 371 g/mol. The van der Waals surface area contributed by atoms with Crippen molar-refractivity contribution in [2.45, 2.75) is 0 Å². The van der Waals surface area contributed by atoms with Crippen molar-refractivity contribution in [3.8, 4) is 0 Å². The SMILES string of the molecule is O=C(O)/C=C/c1ccc(Br)c(F)c1I. The summed E-state index contributed by atoms with van der Waals surface area (Å²) in [5.74, 6) is -1.43. The molecule has 0 aromatic heterocycles. The summed E-state index contributed by atoms with van der Waals surface area (Å²) in [7, 11) is 0. The Morgan fingerprint density at radius 1 is 1.57 bits per heavy atom. The van der Waals surface area contributed by atoms with E-state index in [-0.39, 0.29) is 5.82 Å². The van der Waals surface area contributed by atoms with Gasteiger partial charge in [0, 0.05) is 6.08 Å². The zero-order chi connectivity index (χ0) is 10.7. The van der Waals surface area contributed by atoms with Crippen LogP contribution in [0.3, 0.4) is 0 Å². The lowest BCUT2D eigenvalue weighted by atomic mass is 10.2. The van der Waals surface area contributed by atoms with Gasteiger partial charge in [-0.15, -0.1) is 0 Å². The minimum Gasteiger partial charge on any atom is -0.478 e. The smallest absolute Gasteiger partial charge is 0.328 e. The van der Waals surface area contributed by atoms with E-state index in [0.29, 0.717) is 13.6 Å². The lowest BCUT2D eigenvalue weighted by Gasteiger charge is -2.01. The largest absolute Gasteiger partial charge is 0.478 e. The number of carbonyl (C=O) groups is 1. The van der Waals surface area contributed by atoms with E-state index in [4.69, 9.17) is 5.11 Å². The number of halogens is 3. The molecule has 1 N–H and O–H groups in total. The fourth-order valence-corrected chi connectivity index (χ4v) is 2.18. The molecular formula is C9H5BrFIO2. The van der Waals surface area contributed by atoms with Crippen molar-refractivity contribution in [1.82, 2.24) is 0 Å². The van der Waals surface area contributed by atoms with Crippen LogP contribution in [0.4, 0.5) is 4.39 Å². The van der Waals surface area contributed by atoms with Crippen LogP contribution >= 0.6 is 38.5 Å². The van der Waals surface area contributed by atoms with Crippen LogP contribution in [0.2, 0.25) is 0 Å². The minimum atomic E-state index is -1.05. The molecule has 0 aliphatic rings. The van der Waals surface area contributed by atoms with E-state index in [9.17, 15) is 9.18 Å². The molecule has 1 aromatic carbocycles. The summed E-state index contributed by atoms with van der Waals surface area (Å²) in [4.78, 5) is 10.2. The monoisotopic (exact) mass is 370 g/mol. The zero-order valence-corrected chi connectivity index (χ0v) is 10.5. The molecule has 0 aliphatic heterocycles. The van der Waals surface area contributed by atoms with Crippen LogP contribution in [-0.2, 0) is 4.79 Å². The molecule has 0 fully saturated rings. The number of hydrogen-bond acceptors (Lipinski definition) is 1. The molecule has 0 spiro atoms. The first-order chi connectivity index (χ1) is 6.52. The lowest BCUT2D eigenvalue weighted by Crippen LogP contribution is -1.90. The van der Waals surface area contributed by atoms with Gasteiger partial charge in [-0.1, -0.05) is 6.07 Å². The normalized spacial score (nSPS) is 10.8. The highest BCUT2D eigenvalue weighted by Gasteiger charge is 2.07. The van der Waals surface area contributed by atoms with Gasteiger partial charge in [0.15, 0.2) is 5.82 Å². The van der Waals surface area contributed by atoms with Crippen LogP contribution in [0.25, 0.3) is 6.08 Å². The molecule has 0 atom stereocenters. The maximum atomic E-state index is 13.3. The van der Waals surface area contributed by atoms with E-state index in [1.807, 2.05) is 22.6 Å². The Hall–Kier alpha value is -0.430. The van der Waals surface area contributed by atoms with E-state index >= 15 is 0 Å². The second-order valence-electron chi connectivity index (χ2n) is 2.44. The molecule has 0 radical (unpaired) electrons. The number of hydrogen-bond donors (Lipinski definition) is 1. The van der Waals surface area contributed by atoms with Crippen molar-refractivity contribution in [2.75, 3.05) is 0 Å². The van der Waals surface area contributed by atoms with Crippen molar-refractivity contribution >= 4 is 50.6 Å². The first-order valence-corrected chi connectivity index (χ1v) is 5.44. The van der Waals surface area contributed by atoms with Crippen LogP contribution in [-0.4, -0.2) is 11.1 Å². The fourth-order valence-electron chi connectivity index (χ4n) is 0.831. The summed E-state index contributed by atoms with van der Waals surface area (Å²) in [6.07, 6.45) is 2.34. The van der Waals surface area contributed by atoms with Gasteiger partial charge < -0.3 is 5.11 Å². The number of rotatable bonds is 2. The highest BCUT2D eigenvalue weighted by atomic mass is 127. The standard InChI is InChI=1S/C9H5BrFIO2/c10-6-3-1-5(2-4-7(13)14)9(12)8(6)11/h1-4H,(H,13,14)/b4-2+. The minimum absolute atomic E-state index is 0.370. The maximum absolute atomic E-state index is 13.3. The summed E-state index contributed by atoms with van der Waals surface area (Å²) in [6.45, 7) is 0. The molecular weight excluding hydrogens is 366 g/mol. The van der Waals surface area contributed by atoms with Crippen molar-refractivity contribution in [3.63, 3.8) is 0 Å². The van der Waals surface area contributed by atoms with Gasteiger partial charge in [0.2, 0.25) is 0 Å². The van der Waals surface area contributed by atoms with Crippen molar-refractivity contribution in [2.24, 2.45) is 0 Å². The summed E-state index contributed by atoms with van der Waals surface area (Å²) >= 11 is 4.87. The van der Waals surface area contributed by atoms with Crippen molar-refractivity contribution < 1.29 is 14.3 Å². The highest BCUT2D eigenvalue weighted by Crippen LogP contribution is 2.24. The maximum Gasteiger partial charge on any atom is 0.328 e. The first-order valence-electron chi connectivity index (χ1n) is 3.57. The Balaban J connectivity index is 3.12. The van der Waals surface area contributed by atoms with Gasteiger partial charge in [-0.3, -0.25) is 0 Å². The van der Waals surface area contributed by atoms with E-state index in [1.165, 1.54) is 6.08 Å². The van der Waals surface area contributed by atoms with Gasteiger partial charge in [-0.25, -0.2) is 9.18 Å². The van der Waals surface area contributed by atoms with Gasteiger partial charge in [0.05, 0.1) is 8.04 Å². The molecule has 14 heavy (non-hydrogen) atoms. The summed E-state index contributed by atoms with van der Waals surface area (Å²) in [6, 6.07) is 3.19. The zero-order valence-electron chi connectivity index (χ0n) is 6.80. The van der Waals surface area contributed by atoms with Crippen molar-refractivity contribution in [1.29, 1.82) is 0 Å². The first kappa shape index (κ1) is 11.6. The number of carboxylic acids is 1. The Morgan fingerprint density at radius 2 is 2.21 bits per heavy atom. The predicted molar refractivity (Wildman–Crippen MR) is 63.5 cm³/mol. The third-order valence-electron chi connectivity index (χ3n) is 1.47. The van der Waals surface area contributed by atoms with E-state index in [2.05, 4.69) is 15.9 Å². The number of benzene rings is 1. The summed E-state index contributed by atoms with van der Waals surface area (Å²) in [5, 5.41) is 8.40. The molecule has 1 rings (SSSR count). The molecule has 0 heterocycles. The van der Waals surface area contributed by atoms with Crippen LogP contribution in [0.15, 0.2) is 22.7 Å². The quantitative estimate of drug-likeness (QED) is 0.492. The Labute approximate surface area is 102 Å². The molecule has 74 valence electrons. The predicted octanol–water partition coefficient (Wildman–Crippen LogP) is 3.29. The molecule has 0 bridgehead atoms. The Kier molecular flexibility index (Phi) is 4.06. The van der Waals surface area contributed by atoms with Crippen LogP contribution in [0.1, 0.15) is 5.56 Å². The molecule has 0 amide bonds. The highest BCUT2D eigenvalue weighted by molar-refractivity contribution is 14.1. The summed E-state index contributed by atoms with van der Waals surface area (Å²) < 4.78 is 14.0. The van der Waals surface area contributed by atoms with Gasteiger partial charge in [-0.05, 0) is 56.2 Å². The third kappa shape index (κ3) is 2.78. The van der Waals surface area contributed by atoms with Crippen LogP contribution < -0.4 is 0 Å². The molecule has 1 aromatic rings. The van der Waals surface area contributed by atoms with E-state index in [0.717, 1.165) is 6.08 Å². The van der Waals surface area contributed by atoms with Gasteiger partial charge >= 0.3 is 5.97 Å². The molecule has 0 aliphatic carbocycles. The van der Waals surface area contributed by atoms with Gasteiger partial charge in [0.25, 0.3) is 0 Å².